The number of anilines is 1. The second-order valence-corrected chi connectivity index (χ2v) is 7.72. The zero-order valence-electron chi connectivity index (χ0n) is 15.6. The number of carbonyl (C=O) groups is 1. The molecule has 3 aromatic rings. The number of amides is 1. The van der Waals surface area contributed by atoms with E-state index in [1.807, 2.05) is 58.0 Å². The lowest BCUT2D eigenvalue weighted by Gasteiger charge is -2.12. The Bertz CT molecular complexity index is 979. The fourth-order valence-corrected chi connectivity index (χ4v) is 3.82. The number of aromatic nitrogens is 4. The summed E-state index contributed by atoms with van der Waals surface area (Å²) in [7, 11) is 0. The third kappa shape index (κ3) is 4.31. The smallest absolute Gasteiger partial charge is 0.234 e. The van der Waals surface area contributed by atoms with Gasteiger partial charge < -0.3 is 5.32 Å². The lowest BCUT2D eigenvalue weighted by Crippen LogP contribution is -2.16. The molecular weight excluding hydrogens is 382 g/mol. The van der Waals surface area contributed by atoms with Crippen LogP contribution in [0.5, 0.6) is 0 Å². The Kier molecular flexibility index (Phi) is 5.82. The summed E-state index contributed by atoms with van der Waals surface area (Å²) in [4.78, 5) is 12.4. The van der Waals surface area contributed by atoms with Gasteiger partial charge in [0.1, 0.15) is 0 Å². The number of thioether (sulfide) groups is 1. The van der Waals surface area contributed by atoms with Crippen molar-refractivity contribution in [2.75, 3.05) is 11.1 Å². The van der Waals surface area contributed by atoms with Crippen LogP contribution in [0.3, 0.4) is 0 Å². The highest BCUT2D eigenvalue weighted by Crippen LogP contribution is 2.28. The van der Waals surface area contributed by atoms with Gasteiger partial charge in [0.05, 0.1) is 22.2 Å². The largest absolute Gasteiger partial charge is 0.324 e. The van der Waals surface area contributed by atoms with E-state index in [4.69, 9.17) is 11.6 Å². The number of hydrogen-bond donors (Lipinski definition) is 1. The van der Waals surface area contributed by atoms with Crippen molar-refractivity contribution in [3.05, 3.63) is 57.6 Å². The van der Waals surface area contributed by atoms with Gasteiger partial charge in [0, 0.05) is 0 Å². The molecule has 0 saturated carbocycles. The maximum absolute atomic E-state index is 12.4. The molecule has 1 N–H and O–H groups in total. The van der Waals surface area contributed by atoms with Crippen molar-refractivity contribution in [3.8, 4) is 5.69 Å². The summed E-state index contributed by atoms with van der Waals surface area (Å²) in [6.07, 6.45) is 0. The van der Waals surface area contributed by atoms with E-state index in [1.165, 1.54) is 11.8 Å². The van der Waals surface area contributed by atoms with Crippen molar-refractivity contribution in [2.24, 2.45) is 0 Å². The number of aryl methyl sites for hydroxylation is 3. The number of rotatable bonds is 5. The number of nitrogens with zero attached hydrogens (tertiary/aromatic N) is 4. The maximum atomic E-state index is 12.4. The zero-order chi connectivity index (χ0) is 19.6. The Morgan fingerprint density at radius 2 is 1.96 bits per heavy atom. The second kappa shape index (κ2) is 8.10. The predicted molar refractivity (Wildman–Crippen MR) is 109 cm³/mol. The SMILES string of the molecule is Cc1cc(C)c(NC(=O)CSc2nnnn2-c2cccc(C)c2C)c(Cl)c1. The molecule has 0 fully saturated rings. The zero-order valence-corrected chi connectivity index (χ0v) is 17.1. The molecule has 3 rings (SSSR count). The highest BCUT2D eigenvalue weighted by molar-refractivity contribution is 7.99. The van der Waals surface area contributed by atoms with Crippen LogP contribution in [0.2, 0.25) is 5.02 Å². The standard InChI is InChI=1S/C19H20ClN5OS/c1-11-8-13(3)18(15(20)9-11)21-17(26)10-27-19-22-23-24-25(19)16-7-5-6-12(2)14(16)4/h5-9H,10H2,1-4H3,(H,21,26). The van der Waals surface area contributed by atoms with Crippen LogP contribution in [0.15, 0.2) is 35.5 Å². The lowest BCUT2D eigenvalue weighted by atomic mass is 10.1. The summed E-state index contributed by atoms with van der Waals surface area (Å²) in [5.74, 6) is 0.0129. The molecule has 0 spiro atoms. The molecule has 0 aliphatic carbocycles. The van der Waals surface area contributed by atoms with E-state index in [1.54, 1.807) is 4.68 Å². The summed E-state index contributed by atoms with van der Waals surface area (Å²) in [6.45, 7) is 7.95. The van der Waals surface area contributed by atoms with E-state index in [2.05, 4.69) is 20.8 Å². The molecule has 0 aliphatic heterocycles. The van der Waals surface area contributed by atoms with Crippen LogP contribution in [0.1, 0.15) is 22.3 Å². The third-order valence-corrected chi connectivity index (χ3v) is 5.49. The van der Waals surface area contributed by atoms with Gasteiger partial charge in [0.25, 0.3) is 0 Å². The van der Waals surface area contributed by atoms with Crippen LogP contribution in [0.4, 0.5) is 5.69 Å². The maximum Gasteiger partial charge on any atom is 0.234 e. The van der Waals surface area contributed by atoms with Crippen LogP contribution in [-0.4, -0.2) is 31.9 Å². The van der Waals surface area contributed by atoms with Crippen LogP contribution < -0.4 is 5.32 Å². The van der Waals surface area contributed by atoms with Gasteiger partial charge in [-0.3, -0.25) is 4.79 Å². The molecule has 2 aromatic carbocycles. The molecule has 27 heavy (non-hydrogen) atoms. The molecule has 1 heterocycles. The minimum absolute atomic E-state index is 0.163. The molecule has 0 aliphatic rings. The van der Waals surface area contributed by atoms with Crippen molar-refractivity contribution in [3.63, 3.8) is 0 Å². The van der Waals surface area contributed by atoms with Crippen molar-refractivity contribution in [1.29, 1.82) is 0 Å². The molecule has 0 atom stereocenters. The number of nitrogens with one attached hydrogen (secondary N) is 1. The number of carbonyl (C=O) groups excluding carboxylic acids is 1. The first-order valence-electron chi connectivity index (χ1n) is 8.41. The predicted octanol–water partition coefficient (Wildman–Crippen LogP) is 4.28. The van der Waals surface area contributed by atoms with Gasteiger partial charge in [0.15, 0.2) is 0 Å². The lowest BCUT2D eigenvalue weighted by molar-refractivity contribution is -0.113. The van der Waals surface area contributed by atoms with Crippen LogP contribution in [0, 0.1) is 27.7 Å². The fourth-order valence-electron chi connectivity index (χ4n) is 2.76. The van der Waals surface area contributed by atoms with Gasteiger partial charge in [-0.05, 0) is 72.5 Å². The average molecular weight is 402 g/mol. The van der Waals surface area contributed by atoms with Crippen LogP contribution in [-0.2, 0) is 4.79 Å². The van der Waals surface area contributed by atoms with Crippen molar-refractivity contribution < 1.29 is 4.79 Å². The summed E-state index contributed by atoms with van der Waals surface area (Å²) in [5, 5.41) is 15.8. The minimum atomic E-state index is -0.163. The number of halogens is 1. The van der Waals surface area contributed by atoms with E-state index in [0.29, 0.717) is 15.9 Å². The summed E-state index contributed by atoms with van der Waals surface area (Å²) in [6, 6.07) is 9.77. The quantitative estimate of drug-likeness (QED) is 0.646. The molecular formula is C19H20ClN5OS. The average Bonchev–Trinajstić information content (AvgIpc) is 3.07. The highest BCUT2D eigenvalue weighted by Gasteiger charge is 2.15. The normalized spacial score (nSPS) is 10.9. The number of hydrogen-bond acceptors (Lipinski definition) is 5. The molecule has 140 valence electrons. The van der Waals surface area contributed by atoms with Gasteiger partial charge in [-0.2, -0.15) is 4.68 Å². The van der Waals surface area contributed by atoms with Crippen molar-refractivity contribution in [2.45, 2.75) is 32.9 Å². The second-order valence-electron chi connectivity index (χ2n) is 6.37. The van der Waals surface area contributed by atoms with Crippen molar-refractivity contribution in [1.82, 2.24) is 20.2 Å². The Balaban J connectivity index is 1.73. The van der Waals surface area contributed by atoms with Gasteiger partial charge >= 0.3 is 0 Å². The molecule has 8 heteroatoms. The molecule has 0 saturated heterocycles. The molecule has 1 aromatic heterocycles. The topological polar surface area (TPSA) is 72.7 Å². The number of benzene rings is 2. The fraction of sp³-hybridized carbons (Fsp3) is 0.263. The summed E-state index contributed by atoms with van der Waals surface area (Å²) in [5.41, 5.74) is 5.78. The Hall–Kier alpha value is -2.38. The molecule has 0 unspecified atom stereocenters. The van der Waals surface area contributed by atoms with Gasteiger partial charge in [-0.1, -0.05) is 41.6 Å². The molecule has 0 bridgehead atoms. The molecule has 6 nitrogen and oxygen atoms in total. The highest BCUT2D eigenvalue weighted by atomic mass is 35.5. The van der Waals surface area contributed by atoms with Gasteiger partial charge in [-0.25, -0.2) is 0 Å². The summed E-state index contributed by atoms with van der Waals surface area (Å²) >= 11 is 7.54. The minimum Gasteiger partial charge on any atom is -0.324 e. The first-order chi connectivity index (χ1) is 12.9. The number of tetrazole rings is 1. The van der Waals surface area contributed by atoms with Gasteiger partial charge in [-0.15, -0.1) is 5.10 Å². The Morgan fingerprint density at radius 3 is 2.70 bits per heavy atom. The summed E-state index contributed by atoms with van der Waals surface area (Å²) < 4.78 is 1.66. The van der Waals surface area contributed by atoms with Crippen LogP contribution >= 0.6 is 23.4 Å². The van der Waals surface area contributed by atoms with Crippen molar-refractivity contribution >= 4 is 35.0 Å². The van der Waals surface area contributed by atoms with E-state index >= 15 is 0 Å². The van der Waals surface area contributed by atoms with E-state index < -0.39 is 0 Å². The first-order valence-corrected chi connectivity index (χ1v) is 9.77. The molecule has 1 amide bonds. The Labute approximate surface area is 167 Å². The van der Waals surface area contributed by atoms with Gasteiger partial charge in [0.2, 0.25) is 11.1 Å². The van der Waals surface area contributed by atoms with E-state index in [0.717, 1.165) is 27.9 Å². The molecule has 0 radical (unpaired) electrons. The Morgan fingerprint density at radius 1 is 1.19 bits per heavy atom. The van der Waals surface area contributed by atoms with Crippen LogP contribution in [0.25, 0.3) is 5.69 Å². The van der Waals surface area contributed by atoms with E-state index in [9.17, 15) is 4.79 Å². The third-order valence-electron chi connectivity index (χ3n) is 4.27. The van der Waals surface area contributed by atoms with E-state index in [-0.39, 0.29) is 11.7 Å². The first kappa shape index (κ1) is 19.4. The monoisotopic (exact) mass is 401 g/mol.